The number of carbonyl (C=O) groups is 5. The normalized spacial score (nSPS) is 23.0. The number of hydrogen-bond donors (Lipinski definition) is 0. The Hall–Kier alpha value is -4.53. The van der Waals surface area contributed by atoms with Gasteiger partial charge in [0.2, 0.25) is 0 Å². The minimum absolute atomic E-state index is 0.0148. The summed E-state index contributed by atoms with van der Waals surface area (Å²) in [6, 6.07) is -1.12. The van der Waals surface area contributed by atoms with Crippen LogP contribution < -0.4 is 4.90 Å². The first-order valence-corrected chi connectivity index (χ1v) is 13.0. The molecule has 3 aliphatic rings. The van der Waals surface area contributed by atoms with E-state index in [1.54, 1.807) is 13.8 Å². The number of carbonyl (C=O) groups excluding carboxylic acids is 5. The summed E-state index contributed by atoms with van der Waals surface area (Å²) in [5.74, 6) is -6.09. The summed E-state index contributed by atoms with van der Waals surface area (Å²) < 4.78 is 47.4. The van der Waals surface area contributed by atoms with Crippen molar-refractivity contribution >= 4 is 35.5 Å². The van der Waals surface area contributed by atoms with Gasteiger partial charge in [0.05, 0.1) is 35.8 Å². The maximum absolute atomic E-state index is 16.0. The van der Waals surface area contributed by atoms with Gasteiger partial charge >= 0.3 is 18.0 Å². The number of rotatable bonds is 5. The zero-order valence-corrected chi connectivity index (χ0v) is 23.1. The van der Waals surface area contributed by atoms with Crippen molar-refractivity contribution in [2.45, 2.75) is 52.4 Å². The fraction of sp³-hybridized carbons (Fsp3) is 0.444. The Morgan fingerprint density at radius 1 is 1.02 bits per heavy atom. The SMILES string of the molecule is CC(=O)OCN1C(=O)N(COC(C)=O)C(=O)C2(Cc3cc(-c4cnccn4)c(F)c(F)c3N3CC(C)OC(C)C32)C1=O. The van der Waals surface area contributed by atoms with Crippen molar-refractivity contribution in [3.05, 3.63) is 41.9 Å². The van der Waals surface area contributed by atoms with Gasteiger partial charge in [-0.3, -0.25) is 29.1 Å². The average Bonchev–Trinajstić information content (AvgIpc) is 2.93. The topological polar surface area (TPSA) is 149 Å². The Balaban J connectivity index is 1.74. The number of hydrogen-bond acceptors (Lipinski definition) is 11. The third-order valence-electron chi connectivity index (χ3n) is 7.55. The molecule has 4 amide bonds. The van der Waals surface area contributed by atoms with Crippen molar-refractivity contribution < 1.29 is 47.0 Å². The van der Waals surface area contributed by atoms with Crippen LogP contribution in [0.2, 0.25) is 0 Å². The lowest BCUT2D eigenvalue weighted by molar-refractivity contribution is -0.176. The van der Waals surface area contributed by atoms with Gasteiger partial charge in [0, 0.05) is 44.8 Å². The first kappa shape index (κ1) is 29.0. The van der Waals surface area contributed by atoms with Gasteiger partial charge in [0.15, 0.2) is 30.5 Å². The quantitative estimate of drug-likeness (QED) is 0.372. The Labute approximate surface area is 238 Å². The summed E-state index contributed by atoms with van der Waals surface area (Å²) >= 11 is 0. The zero-order valence-electron chi connectivity index (χ0n) is 23.1. The van der Waals surface area contributed by atoms with Crippen LogP contribution in [0.3, 0.4) is 0 Å². The Morgan fingerprint density at radius 3 is 2.19 bits per heavy atom. The summed E-state index contributed by atoms with van der Waals surface area (Å²) in [7, 11) is 0. The summed E-state index contributed by atoms with van der Waals surface area (Å²) in [5, 5.41) is 0. The minimum atomic E-state index is -2.16. The van der Waals surface area contributed by atoms with Crippen LogP contribution in [0.15, 0.2) is 24.7 Å². The van der Waals surface area contributed by atoms with Crippen LogP contribution in [0.25, 0.3) is 11.3 Å². The number of anilines is 1. The number of barbiturate groups is 1. The molecule has 3 atom stereocenters. The summed E-state index contributed by atoms with van der Waals surface area (Å²) in [6.07, 6.45) is 1.98. The molecule has 3 aliphatic heterocycles. The second-order valence-electron chi connectivity index (χ2n) is 10.3. The van der Waals surface area contributed by atoms with Gasteiger partial charge in [-0.15, -0.1) is 0 Å². The van der Waals surface area contributed by atoms with Crippen molar-refractivity contribution in [3.8, 4) is 11.3 Å². The number of ether oxygens (including phenoxy) is 3. The number of imide groups is 2. The van der Waals surface area contributed by atoms with E-state index in [4.69, 9.17) is 14.2 Å². The van der Waals surface area contributed by atoms with Crippen LogP contribution in [0.4, 0.5) is 19.3 Å². The van der Waals surface area contributed by atoms with Gasteiger partial charge in [-0.05, 0) is 25.5 Å². The standard InChI is InChI=1S/C27H27F2N5O8/c1-13-10-32-22-17(7-18(20(28)21(22)29)19-9-30-5-6-31-19)8-27(23(32)14(2)42-13)24(37)33(11-40-15(3)35)26(39)34(25(27)38)12-41-16(4)36/h5-7,9,13-14,23H,8,10-12H2,1-4H3. The van der Waals surface area contributed by atoms with E-state index in [2.05, 4.69) is 9.97 Å². The molecule has 2 fully saturated rings. The van der Waals surface area contributed by atoms with Gasteiger partial charge in [-0.25, -0.2) is 23.4 Å². The van der Waals surface area contributed by atoms with Crippen LogP contribution >= 0.6 is 0 Å². The smallest absolute Gasteiger partial charge is 0.339 e. The molecule has 0 N–H and O–H groups in total. The largest absolute Gasteiger partial charge is 0.444 e. The first-order chi connectivity index (χ1) is 19.9. The summed E-state index contributed by atoms with van der Waals surface area (Å²) in [4.78, 5) is 75.7. The van der Waals surface area contributed by atoms with E-state index in [9.17, 15) is 24.0 Å². The number of amides is 4. The fourth-order valence-electron chi connectivity index (χ4n) is 6.00. The molecule has 2 aromatic rings. The molecule has 3 unspecified atom stereocenters. The molecular weight excluding hydrogens is 560 g/mol. The summed E-state index contributed by atoms with van der Waals surface area (Å²) in [6.45, 7) is 3.69. The number of benzene rings is 1. The predicted molar refractivity (Wildman–Crippen MR) is 137 cm³/mol. The van der Waals surface area contributed by atoms with E-state index >= 15 is 8.78 Å². The highest BCUT2D eigenvalue weighted by Gasteiger charge is 2.67. The molecule has 4 heterocycles. The zero-order chi connectivity index (χ0) is 30.5. The van der Waals surface area contributed by atoms with Crippen molar-refractivity contribution in [1.82, 2.24) is 19.8 Å². The Bertz CT molecular complexity index is 1450. The molecule has 0 aliphatic carbocycles. The van der Waals surface area contributed by atoms with Crippen LogP contribution in [-0.4, -0.2) is 87.8 Å². The minimum Gasteiger partial charge on any atom is -0.444 e. The molecule has 1 spiro atoms. The number of aromatic nitrogens is 2. The predicted octanol–water partition coefficient (Wildman–Crippen LogP) is 1.78. The molecule has 2 saturated heterocycles. The lowest BCUT2D eigenvalue weighted by atomic mass is 9.65. The number of esters is 2. The second-order valence-corrected chi connectivity index (χ2v) is 10.3. The van der Waals surface area contributed by atoms with E-state index in [0.717, 1.165) is 13.8 Å². The molecule has 42 heavy (non-hydrogen) atoms. The number of urea groups is 1. The highest BCUT2D eigenvalue weighted by atomic mass is 19.2. The number of halogens is 2. The van der Waals surface area contributed by atoms with Gasteiger partial charge in [0.25, 0.3) is 11.8 Å². The highest BCUT2D eigenvalue weighted by molar-refractivity contribution is 6.20. The van der Waals surface area contributed by atoms with E-state index in [1.165, 1.54) is 29.6 Å². The second kappa shape index (κ2) is 10.7. The summed E-state index contributed by atoms with van der Waals surface area (Å²) in [5.41, 5.74) is -2.47. The van der Waals surface area contributed by atoms with E-state index < -0.39 is 85.0 Å². The Kier molecular flexibility index (Phi) is 7.39. The molecule has 1 aromatic carbocycles. The van der Waals surface area contributed by atoms with Gasteiger partial charge in [-0.1, -0.05) is 0 Å². The third kappa shape index (κ3) is 4.53. The van der Waals surface area contributed by atoms with Gasteiger partial charge in [-0.2, -0.15) is 0 Å². The maximum atomic E-state index is 16.0. The monoisotopic (exact) mass is 587 g/mol. The Morgan fingerprint density at radius 2 is 1.64 bits per heavy atom. The van der Waals surface area contributed by atoms with Crippen LogP contribution in [-0.2, 0) is 39.8 Å². The third-order valence-corrected chi connectivity index (χ3v) is 7.55. The molecule has 0 radical (unpaired) electrons. The highest BCUT2D eigenvalue weighted by Crippen LogP contribution is 2.51. The van der Waals surface area contributed by atoms with Crippen molar-refractivity contribution in [2.75, 3.05) is 24.9 Å². The molecule has 15 heteroatoms. The number of morpholine rings is 1. The van der Waals surface area contributed by atoms with Crippen LogP contribution in [0.5, 0.6) is 0 Å². The molecule has 0 bridgehead atoms. The number of fused-ring (bicyclic) bond motifs is 4. The van der Waals surface area contributed by atoms with Crippen molar-refractivity contribution in [2.24, 2.45) is 5.41 Å². The molecule has 5 rings (SSSR count). The number of nitrogens with zero attached hydrogens (tertiary/aromatic N) is 5. The lowest BCUT2D eigenvalue weighted by Crippen LogP contribution is -2.76. The molecule has 1 aromatic heterocycles. The van der Waals surface area contributed by atoms with Crippen molar-refractivity contribution in [1.29, 1.82) is 0 Å². The average molecular weight is 588 g/mol. The molecular formula is C27H27F2N5O8. The van der Waals surface area contributed by atoms with E-state index in [0.29, 0.717) is 9.80 Å². The maximum Gasteiger partial charge on any atom is 0.339 e. The fourth-order valence-corrected chi connectivity index (χ4v) is 6.00. The van der Waals surface area contributed by atoms with Gasteiger partial charge in [0.1, 0.15) is 0 Å². The molecule has 222 valence electrons. The van der Waals surface area contributed by atoms with E-state index in [-0.39, 0.29) is 29.1 Å². The lowest BCUT2D eigenvalue weighted by Gasteiger charge is -2.57. The van der Waals surface area contributed by atoms with Crippen molar-refractivity contribution in [3.63, 3.8) is 0 Å². The molecule has 0 saturated carbocycles. The van der Waals surface area contributed by atoms with Crippen LogP contribution in [0.1, 0.15) is 33.3 Å². The van der Waals surface area contributed by atoms with E-state index in [1.807, 2.05) is 0 Å². The first-order valence-electron chi connectivity index (χ1n) is 13.0. The van der Waals surface area contributed by atoms with Crippen LogP contribution in [0, 0.1) is 17.0 Å². The molecule has 13 nitrogen and oxygen atoms in total. The van der Waals surface area contributed by atoms with Gasteiger partial charge < -0.3 is 19.1 Å².